The fourth-order valence-electron chi connectivity index (χ4n) is 10.6. The topological polar surface area (TPSA) is 46.2 Å². The van der Waals surface area contributed by atoms with E-state index >= 15 is 0 Å². The van der Waals surface area contributed by atoms with E-state index < -0.39 is 11.7 Å². The average Bonchev–Trinajstić information content (AvgIpc) is 3.34. The number of aryl methyl sites for hydroxylation is 1. The second kappa shape index (κ2) is 13.5. The summed E-state index contributed by atoms with van der Waals surface area (Å²) in [7, 11) is 0. The van der Waals surface area contributed by atoms with Gasteiger partial charge in [-0.05, 0) is 107 Å². The van der Waals surface area contributed by atoms with E-state index in [9.17, 15) is 13.2 Å². The predicted octanol–water partition coefficient (Wildman–Crippen LogP) is 11.2. The van der Waals surface area contributed by atoms with Crippen LogP contribution in [0.1, 0.15) is 11.1 Å². The molecule has 0 saturated heterocycles. The van der Waals surface area contributed by atoms with Crippen LogP contribution in [-0.2, 0) is 6.18 Å². The van der Waals surface area contributed by atoms with Crippen LogP contribution < -0.4 is 56.5 Å². The van der Waals surface area contributed by atoms with Gasteiger partial charge in [0.15, 0.2) is 0 Å². The Morgan fingerprint density at radius 2 is 0.742 bits per heavy atom. The first-order valence-corrected chi connectivity index (χ1v) is 21.9. The standard InChI is InChI=1S/C56H31B2F3O5/c1-30-12-14-31(15-13-30)36-6-4-8-41-52(36)65-53-37(24-27-45-49(53)57(41)40-7-2-3-9-42(40)62-45)32-16-18-33(19-17-32)38-25-28-46-50-54(38)66-55-39(34-20-22-35(23-21-34)56(59,60)61)26-29-47-51(55)58(50)48-43(63-46)10-5-11-44(48)64-47/h2-29H,1H3. The van der Waals surface area contributed by atoms with Gasteiger partial charge in [-0.1, -0.05) is 109 Å². The van der Waals surface area contributed by atoms with Crippen molar-refractivity contribution < 1.29 is 36.9 Å². The molecule has 0 N–H and O–H groups in total. The zero-order valence-corrected chi connectivity index (χ0v) is 35.0. The largest absolute Gasteiger partial charge is 0.458 e. The fraction of sp³-hybridized carbons (Fsp3) is 0.0357. The van der Waals surface area contributed by atoms with Crippen molar-refractivity contribution >= 4 is 46.2 Å². The first kappa shape index (κ1) is 37.3. The minimum absolute atomic E-state index is 0.108. The molecule has 9 aromatic carbocycles. The minimum atomic E-state index is -4.46. The van der Waals surface area contributed by atoms with Gasteiger partial charge in [-0.3, -0.25) is 0 Å². The summed E-state index contributed by atoms with van der Waals surface area (Å²) in [6.07, 6.45) is -4.46. The van der Waals surface area contributed by atoms with Crippen LogP contribution in [0.5, 0.6) is 57.5 Å². The van der Waals surface area contributed by atoms with E-state index in [1.807, 2.05) is 60.7 Å². The highest BCUT2D eigenvalue weighted by molar-refractivity contribution is 7.00. The van der Waals surface area contributed by atoms with Crippen molar-refractivity contribution in [1.82, 2.24) is 0 Å². The summed E-state index contributed by atoms with van der Waals surface area (Å²) in [5.74, 6) is 7.02. The summed E-state index contributed by atoms with van der Waals surface area (Å²) >= 11 is 0. The van der Waals surface area contributed by atoms with Crippen molar-refractivity contribution in [3.05, 3.63) is 181 Å². The lowest BCUT2D eigenvalue weighted by molar-refractivity contribution is -0.137. The van der Waals surface area contributed by atoms with Gasteiger partial charge in [-0.25, -0.2) is 0 Å². The quantitative estimate of drug-likeness (QED) is 0.165. The monoisotopic (exact) mass is 862 g/mol. The van der Waals surface area contributed by atoms with Crippen molar-refractivity contribution in [3.8, 4) is 102 Å². The van der Waals surface area contributed by atoms with Crippen molar-refractivity contribution in [2.24, 2.45) is 0 Å². The maximum Gasteiger partial charge on any atom is 0.416 e. The molecular formula is C56H31B2F3O5. The van der Waals surface area contributed by atoms with Gasteiger partial charge in [0.2, 0.25) is 0 Å². The Balaban J connectivity index is 0.902. The summed E-state index contributed by atoms with van der Waals surface area (Å²) in [5, 5.41) is 0. The Kier molecular flexibility index (Phi) is 7.61. The van der Waals surface area contributed by atoms with Gasteiger partial charge in [0, 0.05) is 44.1 Å². The molecule has 5 nitrogen and oxygen atoms in total. The Labute approximate surface area is 377 Å². The molecule has 0 bridgehead atoms. The number of halogens is 3. The molecule has 0 fully saturated rings. The third-order valence-corrected chi connectivity index (χ3v) is 13.7. The number of fused-ring (bicyclic) bond motifs is 4. The van der Waals surface area contributed by atoms with E-state index in [4.69, 9.17) is 23.7 Å². The van der Waals surface area contributed by atoms with E-state index in [0.29, 0.717) is 45.6 Å². The van der Waals surface area contributed by atoms with Crippen LogP contribution in [0.2, 0.25) is 0 Å². The van der Waals surface area contributed by atoms with E-state index in [-0.39, 0.29) is 13.4 Å². The highest BCUT2D eigenvalue weighted by Crippen LogP contribution is 2.49. The number of alkyl halides is 3. The number of rotatable bonds is 4. The molecular weight excluding hydrogens is 831 g/mol. The van der Waals surface area contributed by atoms with Gasteiger partial charge in [0.1, 0.15) is 57.5 Å². The maximum atomic E-state index is 13.7. The van der Waals surface area contributed by atoms with Crippen LogP contribution in [0.15, 0.2) is 170 Å². The second-order valence-electron chi connectivity index (χ2n) is 17.4. The highest BCUT2D eigenvalue weighted by atomic mass is 19.4. The van der Waals surface area contributed by atoms with E-state index in [1.54, 1.807) is 0 Å². The molecule has 312 valence electrons. The van der Waals surface area contributed by atoms with Gasteiger partial charge >= 0.3 is 6.18 Å². The van der Waals surface area contributed by atoms with Crippen LogP contribution in [0.4, 0.5) is 13.2 Å². The lowest BCUT2D eigenvalue weighted by atomic mass is 9.33. The number of ether oxygens (including phenoxy) is 5. The molecule has 0 atom stereocenters. The first-order chi connectivity index (χ1) is 32.2. The number of hydrogen-bond donors (Lipinski definition) is 0. The molecule has 0 unspecified atom stereocenters. The molecule has 0 aliphatic carbocycles. The van der Waals surface area contributed by atoms with Crippen LogP contribution in [0, 0.1) is 6.92 Å². The van der Waals surface area contributed by atoms with Crippen molar-refractivity contribution in [2.75, 3.05) is 0 Å². The van der Waals surface area contributed by atoms with Gasteiger partial charge in [0.25, 0.3) is 13.4 Å². The highest BCUT2D eigenvalue weighted by Gasteiger charge is 2.48. The van der Waals surface area contributed by atoms with Gasteiger partial charge in [-0.2, -0.15) is 13.2 Å². The SMILES string of the molecule is Cc1ccc(-c2cccc3c2Oc2c(-c4ccc(-c5ccc6c7c5Oc5c(-c8ccc(C(F)(F)F)cc8)ccc8c5B7c5c(cccc5O8)O6)cc4)ccc4c2B3c2ccccc2O4)cc1. The molecule has 0 aromatic heterocycles. The lowest BCUT2D eigenvalue weighted by Gasteiger charge is -2.38. The molecule has 0 amide bonds. The summed E-state index contributed by atoms with van der Waals surface area (Å²) in [4.78, 5) is 0. The molecule has 0 saturated carbocycles. The molecule has 9 aromatic rings. The molecule has 0 radical (unpaired) electrons. The zero-order valence-electron chi connectivity index (χ0n) is 35.0. The van der Waals surface area contributed by atoms with E-state index in [2.05, 4.69) is 91.9 Å². The van der Waals surface area contributed by atoms with Crippen molar-refractivity contribution in [2.45, 2.75) is 13.1 Å². The fourth-order valence-corrected chi connectivity index (χ4v) is 10.6. The third kappa shape index (κ3) is 5.32. The Morgan fingerprint density at radius 1 is 0.333 bits per heavy atom. The van der Waals surface area contributed by atoms with Crippen LogP contribution in [-0.4, -0.2) is 13.4 Å². The van der Waals surface area contributed by atoms with Gasteiger partial charge in [0.05, 0.1) is 5.56 Å². The number of benzene rings is 9. The van der Waals surface area contributed by atoms with E-state index in [1.165, 1.54) is 17.7 Å². The summed E-state index contributed by atoms with van der Waals surface area (Å²) in [5.41, 5.74) is 13.2. The molecule has 5 heterocycles. The molecule has 5 aliphatic rings. The summed E-state index contributed by atoms with van der Waals surface area (Å²) in [6.45, 7) is 1.68. The second-order valence-corrected chi connectivity index (χ2v) is 17.4. The van der Waals surface area contributed by atoms with Crippen LogP contribution in [0.25, 0.3) is 44.5 Å². The van der Waals surface area contributed by atoms with Crippen LogP contribution in [0.3, 0.4) is 0 Å². The van der Waals surface area contributed by atoms with Crippen LogP contribution >= 0.6 is 0 Å². The number of hydrogen-bond acceptors (Lipinski definition) is 5. The minimum Gasteiger partial charge on any atom is -0.458 e. The number of para-hydroxylation sites is 2. The van der Waals surface area contributed by atoms with Gasteiger partial charge < -0.3 is 23.7 Å². The summed E-state index contributed by atoms with van der Waals surface area (Å²) < 4.78 is 74.8. The average molecular weight is 862 g/mol. The lowest BCUT2D eigenvalue weighted by Crippen LogP contribution is -2.59. The Hall–Kier alpha value is -8.10. The molecule has 66 heavy (non-hydrogen) atoms. The molecule has 14 rings (SSSR count). The van der Waals surface area contributed by atoms with Crippen molar-refractivity contribution in [1.29, 1.82) is 0 Å². The zero-order chi connectivity index (χ0) is 44.0. The smallest absolute Gasteiger partial charge is 0.416 e. The predicted molar refractivity (Wildman–Crippen MR) is 253 cm³/mol. The molecule has 5 aliphatic heterocycles. The normalized spacial score (nSPS) is 13.7. The summed E-state index contributed by atoms with van der Waals surface area (Å²) in [6, 6.07) is 54.4. The first-order valence-electron chi connectivity index (χ1n) is 21.9. The molecule has 10 heteroatoms. The van der Waals surface area contributed by atoms with E-state index in [0.717, 1.165) is 101 Å². The Morgan fingerprint density at radius 3 is 1.30 bits per heavy atom. The van der Waals surface area contributed by atoms with Crippen molar-refractivity contribution in [3.63, 3.8) is 0 Å². The maximum absolute atomic E-state index is 13.7. The van der Waals surface area contributed by atoms with Gasteiger partial charge in [-0.15, -0.1) is 0 Å². The Bertz CT molecular complexity index is 3560. The molecule has 0 spiro atoms. The third-order valence-electron chi connectivity index (χ3n) is 13.7.